The molecule has 3 rings (SSSR count). The minimum absolute atomic E-state index is 0.279. The van der Waals surface area contributed by atoms with E-state index in [1.54, 1.807) is 0 Å². The maximum atomic E-state index is 11.1. The van der Waals surface area contributed by atoms with Crippen LogP contribution in [0, 0.1) is 6.92 Å². The van der Waals surface area contributed by atoms with Crippen molar-refractivity contribution in [2.45, 2.75) is 26.4 Å². The van der Waals surface area contributed by atoms with Gasteiger partial charge in [0, 0.05) is 55.9 Å². The average Bonchev–Trinajstić information content (AvgIpc) is 2.98. The van der Waals surface area contributed by atoms with Gasteiger partial charge in [-0.2, -0.15) is 0 Å². The number of carbonyl (C=O) groups excluding carboxylic acids is 1. The fourth-order valence-electron chi connectivity index (χ4n) is 3.01. The fourth-order valence-corrected chi connectivity index (χ4v) is 3.01. The predicted molar refractivity (Wildman–Crippen MR) is 105 cm³/mol. The molecule has 0 aliphatic heterocycles. The highest BCUT2D eigenvalue weighted by Gasteiger charge is 2.08. The molecular formula is C20H25N5O. The minimum Gasteiger partial charge on any atom is -0.370 e. The molecule has 2 heterocycles. The molecule has 26 heavy (non-hydrogen) atoms. The molecule has 0 unspecified atom stereocenters. The van der Waals surface area contributed by atoms with Crippen molar-refractivity contribution in [2.75, 3.05) is 18.4 Å². The first kappa shape index (κ1) is 17.9. The predicted octanol–water partition coefficient (Wildman–Crippen LogP) is 2.42. The Labute approximate surface area is 153 Å². The number of rotatable bonds is 9. The molecule has 0 atom stereocenters. The first-order valence-corrected chi connectivity index (χ1v) is 8.86. The van der Waals surface area contributed by atoms with Crippen molar-refractivity contribution >= 4 is 22.6 Å². The summed E-state index contributed by atoms with van der Waals surface area (Å²) in [5.74, 6) is 0.619. The number of aryl methyl sites for hydroxylation is 2. The number of para-hydroxylation sites is 1. The quantitative estimate of drug-likeness (QED) is 0.517. The van der Waals surface area contributed by atoms with Crippen LogP contribution in [0.25, 0.3) is 10.9 Å². The third-order valence-electron chi connectivity index (χ3n) is 4.31. The fraction of sp³-hybridized carbons (Fsp3) is 0.300. The monoisotopic (exact) mass is 351 g/mol. The minimum atomic E-state index is -0.279. The van der Waals surface area contributed by atoms with E-state index in [4.69, 9.17) is 5.73 Å². The summed E-state index contributed by atoms with van der Waals surface area (Å²) in [5, 5.41) is 7.98. The van der Waals surface area contributed by atoms with Gasteiger partial charge < -0.3 is 20.9 Å². The Balaban J connectivity index is 1.56. The summed E-state index contributed by atoms with van der Waals surface area (Å²) >= 11 is 0. The van der Waals surface area contributed by atoms with Crippen LogP contribution in [0.5, 0.6) is 0 Å². The normalized spacial score (nSPS) is 11.0. The van der Waals surface area contributed by atoms with Gasteiger partial charge in [0.05, 0.1) is 0 Å². The number of anilines is 1. The summed E-state index contributed by atoms with van der Waals surface area (Å²) in [7, 11) is 0. The number of hydrogen-bond donors (Lipinski definition) is 3. The van der Waals surface area contributed by atoms with Gasteiger partial charge in [-0.25, -0.2) is 4.98 Å². The third kappa shape index (κ3) is 4.61. The molecule has 136 valence electrons. The maximum Gasteiger partial charge on any atom is 0.219 e. The molecule has 0 fully saturated rings. The van der Waals surface area contributed by atoms with Crippen LogP contribution in [0.1, 0.15) is 17.5 Å². The number of hydrogen-bond acceptors (Lipinski definition) is 4. The van der Waals surface area contributed by atoms with Crippen molar-refractivity contribution in [2.24, 2.45) is 5.73 Å². The number of primary amides is 1. The lowest BCUT2D eigenvalue weighted by Crippen LogP contribution is -2.22. The Bertz CT molecular complexity index is 887. The van der Waals surface area contributed by atoms with Crippen molar-refractivity contribution in [1.82, 2.24) is 14.9 Å². The number of aromatic nitrogens is 2. The summed E-state index contributed by atoms with van der Waals surface area (Å²) in [4.78, 5) is 15.4. The Morgan fingerprint density at radius 2 is 2.08 bits per heavy atom. The number of nitrogens with zero attached hydrogens (tertiary/aromatic N) is 2. The highest BCUT2D eigenvalue weighted by Crippen LogP contribution is 2.21. The second-order valence-corrected chi connectivity index (χ2v) is 6.40. The molecule has 3 aromatic rings. The van der Waals surface area contributed by atoms with Gasteiger partial charge in [0.1, 0.15) is 5.82 Å². The van der Waals surface area contributed by atoms with E-state index in [1.807, 2.05) is 30.5 Å². The summed E-state index contributed by atoms with van der Waals surface area (Å²) in [6.45, 7) is 5.07. The third-order valence-corrected chi connectivity index (χ3v) is 4.31. The van der Waals surface area contributed by atoms with Gasteiger partial charge in [0.2, 0.25) is 5.91 Å². The summed E-state index contributed by atoms with van der Waals surface area (Å²) in [6.07, 6.45) is 4.27. The second kappa shape index (κ2) is 8.49. The number of carbonyl (C=O) groups is 1. The first-order chi connectivity index (χ1) is 12.6. The van der Waals surface area contributed by atoms with Gasteiger partial charge in [-0.1, -0.05) is 18.2 Å². The second-order valence-electron chi connectivity index (χ2n) is 6.40. The molecule has 1 amide bonds. The lowest BCUT2D eigenvalue weighted by molar-refractivity contribution is -0.118. The van der Waals surface area contributed by atoms with E-state index in [1.165, 1.54) is 16.5 Å². The molecule has 0 radical (unpaired) electrons. The summed E-state index contributed by atoms with van der Waals surface area (Å²) in [5.41, 5.74) is 8.83. The molecule has 0 aliphatic rings. The van der Waals surface area contributed by atoms with Crippen LogP contribution in [0.4, 0.5) is 5.82 Å². The topological polar surface area (TPSA) is 85.0 Å². The van der Waals surface area contributed by atoms with Crippen molar-refractivity contribution in [3.8, 4) is 0 Å². The number of pyridine rings is 1. The van der Waals surface area contributed by atoms with Crippen molar-refractivity contribution in [3.63, 3.8) is 0 Å². The molecule has 4 N–H and O–H groups in total. The summed E-state index contributed by atoms with van der Waals surface area (Å²) in [6, 6.07) is 12.3. The summed E-state index contributed by atoms with van der Waals surface area (Å²) < 4.78 is 2.10. The number of nitrogens with two attached hydrogens (primary N) is 1. The number of nitrogens with one attached hydrogen (secondary N) is 2. The largest absolute Gasteiger partial charge is 0.370 e. The molecule has 0 aliphatic carbocycles. The molecule has 6 nitrogen and oxygen atoms in total. The number of fused-ring (bicyclic) bond motifs is 1. The van der Waals surface area contributed by atoms with Gasteiger partial charge in [-0.3, -0.25) is 4.79 Å². The van der Waals surface area contributed by atoms with Gasteiger partial charge >= 0.3 is 0 Å². The maximum absolute atomic E-state index is 11.1. The lowest BCUT2D eigenvalue weighted by Gasteiger charge is -2.07. The van der Waals surface area contributed by atoms with Crippen molar-refractivity contribution in [3.05, 3.63) is 59.9 Å². The highest BCUT2D eigenvalue weighted by molar-refractivity contribution is 5.84. The Morgan fingerprint density at radius 1 is 1.23 bits per heavy atom. The Morgan fingerprint density at radius 3 is 2.88 bits per heavy atom. The molecular weight excluding hydrogens is 326 g/mol. The smallest absolute Gasteiger partial charge is 0.219 e. The van der Waals surface area contributed by atoms with Crippen LogP contribution >= 0.6 is 0 Å². The van der Waals surface area contributed by atoms with Crippen LogP contribution in [-0.2, 0) is 17.9 Å². The molecule has 0 spiro atoms. The van der Waals surface area contributed by atoms with Crippen LogP contribution in [0.3, 0.4) is 0 Å². The van der Waals surface area contributed by atoms with Crippen LogP contribution < -0.4 is 16.4 Å². The average molecular weight is 351 g/mol. The van der Waals surface area contributed by atoms with Crippen LogP contribution in [0.2, 0.25) is 0 Å². The highest BCUT2D eigenvalue weighted by atomic mass is 16.1. The van der Waals surface area contributed by atoms with Gasteiger partial charge in [0.15, 0.2) is 0 Å². The molecule has 1 aromatic carbocycles. The van der Waals surface area contributed by atoms with Gasteiger partial charge in [-0.05, 0) is 36.2 Å². The standard InChI is InChI=1S/C20H25N5O/c1-15-6-8-23-20(12-15)24-10-9-22-13-16-14-25(11-7-19(21)26)18-5-3-2-4-17(16)18/h2-6,8,12,14,22H,7,9-11,13H2,1H3,(H2,21,26)(H,23,24). The van der Waals surface area contributed by atoms with Gasteiger partial charge in [-0.15, -0.1) is 0 Å². The molecule has 0 bridgehead atoms. The first-order valence-electron chi connectivity index (χ1n) is 8.86. The van der Waals surface area contributed by atoms with E-state index in [0.29, 0.717) is 13.0 Å². The van der Waals surface area contributed by atoms with Crippen molar-refractivity contribution < 1.29 is 4.79 Å². The molecule has 2 aromatic heterocycles. The lowest BCUT2D eigenvalue weighted by atomic mass is 10.2. The SMILES string of the molecule is Cc1ccnc(NCCNCc2cn(CCC(N)=O)c3ccccc23)c1. The Kier molecular flexibility index (Phi) is 5.86. The van der Waals surface area contributed by atoms with Gasteiger partial charge in [0.25, 0.3) is 0 Å². The van der Waals surface area contributed by atoms with E-state index >= 15 is 0 Å². The number of benzene rings is 1. The number of amides is 1. The zero-order chi connectivity index (χ0) is 18.4. The van der Waals surface area contributed by atoms with E-state index < -0.39 is 0 Å². The van der Waals surface area contributed by atoms with E-state index in [2.05, 4.69) is 45.4 Å². The van der Waals surface area contributed by atoms with Crippen LogP contribution in [0.15, 0.2) is 48.8 Å². The zero-order valence-electron chi connectivity index (χ0n) is 15.0. The molecule has 0 saturated carbocycles. The molecule has 6 heteroatoms. The zero-order valence-corrected chi connectivity index (χ0v) is 15.0. The van der Waals surface area contributed by atoms with Crippen LogP contribution in [-0.4, -0.2) is 28.5 Å². The Hall–Kier alpha value is -2.86. The van der Waals surface area contributed by atoms with E-state index in [0.717, 1.165) is 31.0 Å². The van der Waals surface area contributed by atoms with Crippen molar-refractivity contribution in [1.29, 1.82) is 0 Å². The molecule has 0 saturated heterocycles. The van der Waals surface area contributed by atoms with E-state index in [-0.39, 0.29) is 5.91 Å². The van der Waals surface area contributed by atoms with E-state index in [9.17, 15) is 4.79 Å².